The van der Waals surface area contributed by atoms with Crippen LogP contribution in [0.25, 0.3) is 10.4 Å². The van der Waals surface area contributed by atoms with E-state index in [9.17, 15) is 23.6 Å². The normalized spacial score (nSPS) is 20.7. The van der Waals surface area contributed by atoms with Gasteiger partial charge in [0.2, 0.25) is 0 Å². The van der Waals surface area contributed by atoms with Crippen LogP contribution in [0.3, 0.4) is 0 Å². The second-order valence-corrected chi connectivity index (χ2v) is 19.6. The van der Waals surface area contributed by atoms with Gasteiger partial charge in [-0.15, -0.1) is 11.3 Å². The number of carbonyl (C=O) groups excluding carboxylic acids is 4. The molecule has 2 aromatic carbocycles. The van der Waals surface area contributed by atoms with Crippen LogP contribution in [0.4, 0.5) is 4.39 Å². The van der Waals surface area contributed by atoms with Crippen molar-refractivity contribution in [2.24, 2.45) is 21.7 Å². The summed E-state index contributed by atoms with van der Waals surface area (Å²) in [6.07, 6.45) is -5.53. The molecule has 3 aromatic rings. The number of rotatable bonds is 9. The minimum absolute atomic E-state index is 0.298. The number of hydrogen-bond acceptors (Lipinski definition) is 10. The standard InChI is InChI=1S/C44H57FO9S/c1-25-14-15-27(22-28(25)23-30-20-21-32(55-30)26-16-18-29(45)19-17-26)33-35(53-39(48)43(8,9)10)36(54-40(49)44(11,12)13)34(52-38(47)42(5,6)7)31(51-33)24-50-37(46)41(2,3)4/h14-22,31,33-36H,23-24H2,1-13H3. The lowest BCUT2D eigenvalue weighted by molar-refractivity contribution is -0.262. The zero-order valence-electron chi connectivity index (χ0n) is 34.5. The minimum atomic E-state index is -1.35. The highest BCUT2D eigenvalue weighted by Crippen LogP contribution is 2.41. The fraction of sp³-hybridized carbons (Fsp3) is 0.545. The average molecular weight is 781 g/mol. The van der Waals surface area contributed by atoms with Gasteiger partial charge in [0.05, 0.1) is 21.7 Å². The van der Waals surface area contributed by atoms with Gasteiger partial charge in [0.1, 0.15) is 24.6 Å². The molecule has 1 saturated heterocycles. The molecule has 0 radical (unpaired) electrons. The van der Waals surface area contributed by atoms with Gasteiger partial charge in [0.25, 0.3) is 0 Å². The Morgan fingerprint density at radius 3 is 1.69 bits per heavy atom. The van der Waals surface area contributed by atoms with E-state index in [1.54, 1.807) is 107 Å². The Labute approximate surface area is 329 Å². The maximum absolute atomic E-state index is 13.7. The number of hydrogen-bond donors (Lipinski definition) is 0. The summed E-state index contributed by atoms with van der Waals surface area (Å²) in [4.78, 5) is 56.1. The van der Waals surface area contributed by atoms with Crippen molar-refractivity contribution < 1.29 is 47.3 Å². The van der Waals surface area contributed by atoms with Crippen molar-refractivity contribution in [2.45, 2.75) is 127 Å². The molecule has 0 bridgehead atoms. The number of halogens is 1. The molecule has 1 aromatic heterocycles. The zero-order valence-corrected chi connectivity index (χ0v) is 35.3. The van der Waals surface area contributed by atoms with Crippen molar-refractivity contribution in [2.75, 3.05) is 6.61 Å². The van der Waals surface area contributed by atoms with Gasteiger partial charge >= 0.3 is 23.9 Å². The van der Waals surface area contributed by atoms with Crippen LogP contribution in [0.5, 0.6) is 0 Å². The molecular weight excluding hydrogens is 724 g/mol. The minimum Gasteiger partial charge on any atom is -0.462 e. The van der Waals surface area contributed by atoms with E-state index in [1.807, 2.05) is 37.3 Å². The molecule has 1 aliphatic rings. The predicted molar refractivity (Wildman–Crippen MR) is 210 cm³/mol. The second kappa shape index (κ2) is 16.6. The molecule has 0 spiro atoms. The molecule has 300 valence electrons. The topological polar surface area (TPSA) is 114 Å². The summed E-state index contributed by atoms with van der Waals surface area (Å²) in [7, 11) is 0. The van der Waals surface area contributed by atoms with Gasteiger partial charge in [0.15, 0.2) is 18.3 Å². The van der Waals surface area contributed by atoms with Crippen molar-refractivity contribution in [3.63, 3.8) is 0 Å². The number of benzene rings is 2. The first-order valence-corrected chi connectivity index (χ1v) is 19.5. The Bertz CT molecular complexity index is 1850. The highest BCUT2D eigenvalue weighted by Gasteiger charge is 2.55. The van der Waals surface area contributed by atoms with E-state index in [0.29, 0.717) is 12.0 Å². The third-order valence-electron chi connectivity index (χ3n) is 9.05. The van der Waals surface area contributed by atoms with E-state index >= 15 is 0 Å². The lowest BCUT2D eigenvalue weighted by atomic mass is 9.87. The van der Waals surface area contributed by atoms with E-state index in [1.165, 1.54) is 12.1 Å². The highest BCUT2D eigenvalue weighted by molar-refractivity contribution is 7.15. The molecule has 0 saturated carbocycles. The van der Waals surface area contributed by atoms with Crippen LogP contribution in [0.15, 0.2) is 54.6 Å². The fourth-order valence-corrected chi connectivity index (χ4v) is 6.52. The van der Waals surface area contributed by atoms with Crippen molar-refractivity contribution >= 4 is 35.2 Å². The lowest BCUT2D eigenvalue weighted by Gasteiger charge is -2.46. The molecule has 1 aliphatic heterocycles. The predicted octanol–water partition coefficient (Wildman–Crippen LogP) is 9.36. The van der Waals surface area contributed by atoms with E-state index in [-0.39, 0.29) is 12.4 Å². The van der Waals surface area contributed by atoms with Gasteiger partial charge in [-0.2, -0.15) is 0 Å². The Morgan fingerprint density at radius 1 is 0.655 bits per heavy atom. The van der Waals surface area contributed by atoms with Gasteiger partial charge < -0.3 is 23.7 Å². The number of thiophene rings is 1. The van der Waals surface area contributed by atoms with Crippen molar-refractivity contribution in [1.82, 2.24) is 0 Å². The summed E-state index contributed by atoms with van der Waals surface area (Å²) >= 11 is 1.60. The fourth-order valence-electron chi connectivity index (χ4n) is 5.49. The van der Waals surface area contributed by atoms with E-state index in [4.69, 9.17) is 23.7 Å². The monoisotopic (exact) mass is 780 g/mol. The van der Waals surface area contributed by atoms with Crippen LogP contribution in [-0.2, 0) is 49.3 Å². The van der Waals surface area contributed by atoms with Crippen LogP contribution in [0.2, 0.25) is 0 Å². The molecule has 9 nitrogen and oxygen atoms in total. The van der Waals surface area contributed by atoms with Crippen molar-refractivity contribution in [1.29, 1.82) is 0 Å². The molecule has 0 amide bonds. The van der Waals surface area contributed by atoms with E-state index in [2.05, 4.69) is 0 Å². The molecule has 55 heavy (non-hydrogen) atoms. The molecule has 0 N–H and O–H groups in total. The zero-order chi connectivity index (χ0) is 41.3. The molecule has 0 aliphatic carbocycles. The lowest BCUT2D eigenvalue weighted by Crippen LogP contribution is -2.61. The summed E-state index contributed by atoms with van der Waals surface area (Å²) in [5.74, 6) is -2.62. The summed E-state index contributed by atoms with van der Waals surface area (Å²) < 4.78 is 44.7. The van der Waals surface area contributed by atoms with Crippen molar-refractivity contribution in [3.8, 4) is 10.4 Å². The quantitative estimate of drug-likeness (QED) is 0.155. The first-order valence-electron chi connectivity index (χ1n) is 18.7. The van der Waals surface area contributed by atoms with Gasteiger partial charge in [-0.05, 0) is 137 Å². The largest absolute Gasteiger partial charge is 0.462 e. The number of carbonyl (C=O) groups is 4. The Morgan fingerprint density at radius 2 is 1.16 bits per heavy atom. The Balaban J connectivity index is 1.85. The van der Waals surface area contributed by atoms with Crippen LogP contribution in [0.1, 0.15) is 111 Å². The number of aryl methyl sites for hydroxylation is 1. The van der Waals surface area contributed by atoms with Gasteiger partial charge in [-0.1, -0.05) is 30.3 Å². The Hall–Kier alpha value is -4.09. The van der Waals surface area contributed by atoms with Crippen LogP contribution in [-0.4, -0.2) is 54.9 Å². The van der Waals surface area contributed by atoms with Crippen molar-refractivity contribution in [3.05, 3.63) is 82.0 Å². The maximum Gasteiger partial charge on any atom is 0.311 e. The van der Waals surface area contributed by atoms with Crippen LogP contribution < -0.4 is 0 Å². The number of ether oxygens (including phenoxy) is 5. The molecule has 2 heterocycles. The summed E-state index contributed by atoms with van der Waals surface area (Å²) in [6.45, 7) is 22.1. The average Bonchev–Trinajstić information content (AvgIpc) is 3.53. The van der Waals surface area contributed by atoms with Crippen LogP contribution in [0, 0.1) is 34.4 Å². The van der Waals surface area contributed by atoms with Gasteiger partial charge in [-0.25, -0.2) is 4.39 Å². The van der Waals surface area contributed by atoms with Crippen LogP contribution >= 0.6 is 11.3 Å². The molecule has 4 rings (SSSR count). The smallest absolute Gasteiger partial charge is 0.311 e. The maximum atomic E-state index is 13.7. The SMILES string of the molecule is Cc1ccc(C2OC(COC(=O)C(C)(C)C)C(OC(=O)C(C)(C)C)C(OC(=O)C(C)(C)C)C2OC(=O)C(C)(C)C)cc1Cc1ccc(-c2ccc(F)cc2)s1. The van der Waals surface area contributed by atoms with Gasteiger partial charge in [-0.3, -0.25) is 19.2 Å². The van der Waals surface area contributed by atoms with E-state index < -0.39 is 76.1 Å². The number of esters is 4. The molecule has 5 unspecified atom stereocenters. The summed E-state index contributed by atoms with van der Waals surface area (Å²) in [5, 5.41) is 0. The molecule has 11 heteroatoms. The molecular formula is C44H57FO9S. The summed E-state index contributed by atoms with van der Waals surface area (Å²) in [5.41, 5.74) is -0.255. The molecule has 5 atom stereocenters. The highest BCUT2D eigenvalue weighted by atomic mass is 32.1. The first-order chi connectivity index (χ1) is 25.3. The molecule has 1 fully saturated rings. The second-order valence-electron chi connectivity index (χ2n) is 18.4. The van der Waals surface area contributed by atoms with E-state index in [0.717, 1.165) is 26.4 Å². The third-order valence-corrected chi connectivity index (χ3v) is 10.2. The Kier molecular flexibility index (Phi) is 13.1. The van der Waals surface area contributed by atoms with Gasteiger partial charge in [0, 0.05) is 16.2 Å². The summed E-state index contributed by atoms with van der Waals surface area (Å²) in [6, 6.07) is 16.2. The first kappa shape index (κ1) is 43.6. The third kappa shape index (κ3) is 11.3.